The maximum absolute atomic E-state index is 10.4. The number of aliphatic hydroxyl groups excluding tert-OH is 1. The summed E-state index contributed by atoms with van der Waals surface area (Å²) in [6, 6.07) is 7.64. The molecule has 1 unspecified atom stereocenters. The molecule has 0 saturated carbocycles. The summed E-state index contributed by atoms with van der Waals surface area (Å²) >= 11 is 11.8. The van der Waals surface area contributed by atoms with E-state index in [0.29, 0.717) is 21.3 Å². The second kappa shape index (κ2) is 5.79. The lowest BCUT2D eigenvalue weighted by molar-refractivity contribution is 0.215. The number of ether oxygens (including phenoxy) is 1. The highest BCUT2D eigenvalue weighted by atomic mass is 35.5. The van der Waals surface area contributed by atoms with Gasteiger partial charge in [-0.05, 0) is 24.3 Å². The number of nitrogens with two attached hydrogens (primary N) is 1. The summed E-state index contributed by atoms with van der Waals surface area (Å²) in [5.41, 5.74) is 6.77. The molecule has 4 nitrogen and oxygen atoms in total. The lowest BCUT2D eigenvalue weighted by Gasteiger charge is -2.17. The van der Waals surface area contributed by atoms with Crippen LogP contribution < -0.4 is 10.5 Å². The van der Waals surface area contributed by atoms with E-state index in [4.69, 9.17) is 33.7 Å². The van der Waals surface area contributed by atoms with Gasteiger partial charge in [0.1, 0.15) is 6.10 Å². The van der Waals surface area contributed by atoms with Crippen LogP contribution in [0.1, 0.15) is 17.2 Å². The first-order valence-electron chi connectivity index (χ1n) is 5.73. The molecule has 2 aromatic carbocycles. The molecule has 1 atom stereocenters. The number of phenols is 1. The van der Waals surface area contributed by atoms with Crippen molar-refractivity contribution in [1.29, 1.82) is 0 Å². The van der Waals surface area contributed by atoms with Crippen molar-refractivity contribution in [3.63, 3.8) is 0 Å². The van der Waals surface area contributed by atoms with Crippen molar-refractivity contribution >= 4 is 28.9 Å². The van der Waals surface area contributed by atoms with Crippen LogP contribution >= 0.6 is 23.2 Å². The molecule has 4 N–H and O–H groups in total. The van der Waals surface area contributed by atoms with Gasteiger partial charge in [-0.15, -0.1) is 0 Å². The van der Waals surface area contributed by atoms with Gasteiger partial charge in [-0.3, -0.25) is 0 Å². The summed E-state index contributed by atoms with van der Waals surface area (Å²) in [7, 11) is 1.40. The maximum Gasteiger partial charge on any atom is 0.164 e. The van der Waals surface area contributed by atoms with E-state index in [1.54, 1.807) is 12.1 Å². The largest absolute Gasteiger partial charge is 0.504 e. The highest BCUT2D eigenvalue weighted by molar-refractivity contribution is 6.31. The van der Waals surface area contributed by atoms with E-state index >= 15 is 0 Å². The molecule has 0 radical (unpaired) electrons. The fraction of sp³-hybridized carbons (Fsp3) is 0.143. The molecular formula is C14H13Cl2NO3. The summed E-state index contributed by atoms with van der Waals surface area (Å²) in [6.45, 7) is 0. The first-order chi connectivity index (χ1) is 9.43. The van der Waals surface area contributed by atoms with Crippen molar-refractivity contribution in [1.82, 2.24) is 0 Å². The van der Waals surface area contributed by atoms with E-state index in [1.165, 1.54) is 25.3 Å². The number of methoxy groups -OCH3 is 1. The zero-order valence-electron chi connectivity index (χ0n) is 10.6. The van der Waals surface area contributed by atoms with E-state index in [9.17, 15) is 10.2 Å². The third kappa shape index (κ3) is 2.77. The van der Waals surface area contributed by atoms with Gasteiger partial charge in [0.15, 0.2) is 11.5 Å². The number of phenolic OH excluding ortho intramolecular Hbond substituents is 1. The molecule has 0 aliphatic heterocycles. The van der Waals surface area contributed by atoms with Crippen LogP contribution in [0.4, 0.5) is 5.69 Å². The van der Waals surface area contributed by atoms with Gasteiger partial charge >= 0.3 is 0 Å². The Balaban J connectivity index is 2.56. The summed E-state index contributed by atoms with van der Waals surface area (Å²) in [6.07, 6.45) is -1.17. The SMILES string of the molecule is COc1cc(Cl)cc(C(O)c2cc(Cl)ccc2N)c1O. The smallest absolute Gasteiger partial charge is 0.164 e. The zero-order chi connectivity index (χ0) is 14.9. The molecule has 0 amide bonds. The van der Waals surface area contributed by atoms with E-state index in [-0.39, 0.29) is 17.1 Å². The van der Waals surface area contributed by atoms with Crippen LogP contribution in [0.5, 0.6) is 11.5 Å². The third-order valence-corrected chi connectivity index (χ3v) is 3.38. The van der Waals surface area contributed by atoms with Crippen LogP contribution in [0.3, 0.4) is 0 Å². The van der Waals surface area contributed by atoms with Gasteiger partial charge < -0.3 is 20.7 Å². The summed E-state index contributed by atoms with van der Waals surface area (Å²) in [5.74, 6) is -0.0177. The summed E-state index contributed by atoms with van der Waals surface area (Å²) in [4.78, 5) is 0. The van der Waals surface area contributed by atoms with Crippen molar-refractivity contribution in [2.45, 2.75) is 6.10 Å². The van der Waals surface area contributed by atoms with Crippen molar-refractivity contribution in [2.24, 2.45) is 0 Å². The molecule has 0 saturated heterocycles. The van der Waals surface area contributed by atoms with Crippen LogP contribution in [0.2, 0.25) is 10.0 Å². The Kier molecular flexibility index (Phi) is 4.28. The van der Waals surface area contributed by atoms with Crippen LogP contribution in [-0.2, 0) is 0 Å². The Morgan fingerprint density at radius 3 is 2.40 bits per heavy atom. The molecule has 0 heterocycles. The average Bonchev–Trinajstić information content (AvgIpc) is 2.42. The molecule has 106 valence electrons. The van der Waals surface area contributed by atoms with Crippen LogP contribution in [0.25, 0.3) is 0 Å². The molecule has 0 aliphatic rings. The number of halogens is 2. The first-order valence-corrected chi connectivity index (χ1v) is 6.49. The second-order valence-electron chi connectivity index (χ2n) is 4.22. The summed E-state index contributed by atoms with van der Waals surface area (Å²) in [5, 5.41) is 21.3. The molecule has 0 aromatic heterocycles. The topological polar surface area (TPSA) is 75.7 Å². The predicted molar refractivity (Wildman–Crippen MR) is 79.6 cm³/mol. The van der Waals surface area contributed by atoms with Gasteiger partial charge in [0.25, 0.3) is 0 Å². The van der Waals surface area contributed by atoms with Gasteiger partial charge in [-0.2, -0.15) is 0 Å². The average molecular weight is 314 g/mol. The summed E-state index contributed by atoms with van der Waals surface area (Å²) < 4.78 is 5.00. The number of hydrogen-bond donors (Lipinski definition) is 3. The second-order valence-corrected chi connectivity index (χ2v) is 5.09. The Morgan fingerprint density at radius 1 is 1.10 bits per heavy atom. The lowest BCUT2D eigenvalue weighted by Crippen LogP contribution is -2.05. The minimum Gasteiger partial charge on any atom is -0.504 e. The quantitative estimate of drug-likeness (QED) is 0.759. The number of aliphatic hydroxyl groups is 1. The minimum atomic E-state index is -1.17. The molecule has 0 aliphatic carbocycles. The Labute approximate surface area is 126 Å². The molecule has 0 bridgehead atoms. The standard InChI is InChI=1S/C14H13Cl2NO3/c1-20-12-6-8(16)5-10(14(12)19)13(18)9-4-7(15)2-3-11(9)17/h2-6,13,18-19H,17H2,1H3. The fourth-order valence-corrected chi connectivity index (χ4v) is 2.31. The third-order valence-electron chi connectivity index (χ3n) is 2.93. The number of nitrogen functional groups attached to an aromatic ring is 1. The minimum absolute atomic E-state index is 0.173. The van der Waals surface area contributed by atoms with Crippen molar-refractivity contribution in [3.05, 3.63) is 51.5 Å². The van der Waals surface area contributed by atoms with Gasteiger partial charge in [0, 0.05) is 32.9 Å². The number of benzene rings is 2. The number of anilines is 1. The Bertz CT molecular complexity index is 647. The monoisotopic (exact) mass is 313 g/mol. The molecule has 0 fully saturated rings. The van der Waals surface area contributed by atoms with Crippen molar-refractivity contribution in [2.75, 3.05) is 12.8 Å². The molecule has 20 heavy (non-hydrogen) atoms. The fourth-order valence-electron chi connectivity index (χ4n) is 1.91. The highest BCUT2D eigenvalue weighted by Gasteiger charge is 2.21. The van der Waals surface area contributed by atoms with Gasteiger partial charge in [-0.1, -0.05) is 23.2 Å². The van der Waals surface area contributed by atoms with Crippen molar-refractivity contribution < 1.29 is 14.9 Å². The van der Waals surface area contributed by atoms with Crippen LogP contribution in [0, 0.1) is 0 Å². The Hall–Kier alpha value is -1.62. The van der Waals surface area contributed by atoms with E-state index < -0.39 is 6.10 Å². The van der Waals surface area contributed by atoms with E-state index in [0.717, 1.165) is 0 Å². The van der Waals surface area contributed by atoms with E-state index in [2.05, 4.69) is 0 Å². The van der Waals surface area contributed by atoms with Crippen LogP contribution in [0.15, 0.2) is 30.3 Å². The molecule has 2 rings (SSSR count). The number of hydrogen-bond acceptors (Lipinski definition) is 4. The van der Waals surface area contributed by atoms with Gasteiger partial charge in [-0.25, -0.2) is 0 Å². The van der Waals surface area contributed by atoms with Gasteiger partial charge in [0.2, 0.25) is 0 Å². The number of rotatable bonds is 3. The van der Waals surface area contributed by atoms with E-state index in [1.807, 2.05) is 0 Å². The molecule has 6 heteroatoms. The van der Waals surface area contributed by atoms with Crippen LogP contribution in [-0.4, -0.2) is 17.3 Å². The predicted octanol–water partition coefficient (Wildman–Crippen LogP) is 3.37. The van der Waals surface area contributed by atoms with Crippen molar-refractivity contribution in [3.8, 4) is 11.5 Å². The first kappa shape index (κ1) is 14.8. The molecular weight excluding hydrogens is 301 g/mol. The highest BCUT2D eigenvalue weighted by Crippen LogP contribution is 2.40. The lowest BCUT2D eigenvalue weighted by atomic mass is 9.99. The zero-order valence-corrected chi connectivity index (χ0v) is 12.1. The molecule has 0 spiro atoms. The van der Waals surface area contributed by atoms with Gasteiger partial charge in [0.05, 0.1) is 7.11 Å². The maximum atomic E-state index is 10.4. The molecule has 2 aromatic rings. The Morgan fingerprint density at radius 2 is 1.75 bits per heavy atom. The number of aromatic hydroxyl groups is 1. The normalized spacial score (nSPS) is 12.2.